The third-order valence-corrected chi connectivity index (χ3v) is 4.73. The zero-order valence-corrected chi connectivity index (χ0v) is 9.43. The number of Topliss-reactive ketones (excluding diaryl/α,β-unsaturated/α-hetero) is 1. The van der Waals surface area contributed by atoms with Gasteiger partial charge in [-0.05, 0) is 24.5 Å². The Labute approximate surface area is 94.3 Å². The molecule has 2 aliphatic rings. The van der Waals surface area contributed by atoms with Crippen molar-refractivity contribution >= 4 is 17.5 Å². The first-order valence-electron chi connectivity index (χ1n) is 5.62. The highest BCUT2D eigenvalue weighted by molar-refractivity contribution is 7.99. The Hall–Kier alpha value is -0.760. The van der Waals surface area contributed by atoms with Crippen LogP contribution in [0.5, 0.6) is 0 Å². The van der Waals surface area contributed by atoms with Gasteiger partial charge in [0.1, 0.15) is 5.78 Å². The molecule has 1 nitrogen and oxygen atoms in total. The maximum atomic E-state index is 12.2. The summed E-state index contributed by atoms with van der Waals surface area (Å²) in [5, 5.41) is 0. The molecule has 0 amide bonds. The van der Waals surface area contributed by atoms with E-state index in [0.29, 0.717) is 11.7 Å². The van der Waals surface area contributed by atoms with Crippen LogP contribution in [0.1, 0.15) is 30.7 Å². The van der Waals surface area contributed by atoms with Crippen molar-refractivity contribution in [2.24, 2.45) is 5.92 Å². The van der Waals surface area contributed by atoms with Crippen LogP contribution in [0.2, 0.25) is 0 Å². The number of carbonyl (C=O) groups excluding carboxylic acids is 1. The molecule has 3 rings (SSSR count). The van der Waals surface area contributed by atoms with Crippen LogP contribution < -0.4 is 0 Å². The third-order valence-electron chi connectivity index (χ3n) is 3.55. The zero-order chi connectivity index (χ0) is 10.3. The summed E-state index contributed by atoms with van der Waals surface area (Å²) in [6, 6.07) is 8.36. The van der Waals surface area contributed by atoms with Gasteiger partial charge >= 0.3 is 0 Å². The quantitative estimate of drug-likeness (QED) is 0.758. The van der Waals surface area contributed by atoms with Crippen molar-refractivity contribution in [1.82, 2.24) is 0 Å². The average molecular weight is 218 g/mol. The van der Waals surface area contributed by atoms with E-state index in [4.69, 9.17) is 0 Å². The predicted molar refractivity (Wildman–Crippen MR) is 62.3 cm³/mol. The van der Waals surface area contributed by atoms with E-state index in [1.807, 2.05) is 17.8 Å². The van der Waals surface area contributed by atoms with Gasteiger partial charge in [-0.2, -0.15) is 0 Å². The number of benzene rings is 1. The lowest BCUT2D eigenvalue weighted by molar-refractivity contribution is -0.126. The maximum Gasteiger partial charge on any atom is 0.144 e. The first kappa shape index (κ1) is 9.46. The van der Waals surface area contributed by atoms with Gasteiger partial charge in [-0.15, -0.1) is 11.8 Å². The molecule has 1 aromatic rings. The fraction of sp³-hybridized carbons (Fsp3) is 0.462. The molecule has 0 saturated heterocycles. The van der Waals surface area contributed by atoms with Crippen LogP contribution in [-0.2, 0) is 4.79 Å². The molecule has 0 aromatic heterocycles. The predicted octanol–water partition coefficient (Wildman–Crippen LogP) is 3.25. The molecular weight excluding hydrogens is 204 g/mol. The Kier molecular flexibility index (Phi) is 2.32. The fourth-order valence-electron chi connectivity index (χ4n) is 2.38. The van der Waals surface area contributed by atoms with Crippen molar-refractivity contribution < 1.29 is 4.79 Å². The van der Waals surface area contributed by atoms with Gasteiger partial charge in [-0.25, -0.2) is 0 Å². The fourth-order valence-corrected chi connectivity index (χ4v) is 3.62. The smallest absolute Gasteiger partial charge is 0.144 e. The van der Waals surface area contributed by atoms with Crippen LogP contribution in [0.15, 0.2) is 29.2 Å². The maximum absolute atomic E-state index is 12.2. The van der Waals surface area contributed by atoms with Crippen molar-refractivity contribution in [1.29, 1.82) is 0 Å². The van der Waals surface area contributed by atoms with Crippen molar-refractivity contribution in [3.05, 3.63) is 29.8 Å². The Morgan fingerprint density at radius 3 is 2.80 bits per heavy atom. The monoisotopic (exact) mass is 218 g/mol. The number of hydrogen-bond acceptors (Lipinski definition) is 2. The van der Waals surface area contributed by atoms with Gasteiger partial charge in [0.25, 0.3) is 0 Å². The molecular formula is C13H14OS. The zero-order valence-electron chi connectivity index (χ0n) is 8.61. The van der Waals surface area contributed by atoms with E-state index in [2.05, 4.69) is 18.2 Å². The van der Waals surface area contributed by atoms with Crippen molar-refractivity contribution in [2.75, 3.05) is 5.75 Å². The number of ketones is 1. The average Bonchev–Trinajstić information content (AvgIpc) is 2.58. The first-order chi connectivity index (χ1) is 7.36. The Balaban J connectivity index is 1.86. The standard InChI is InChI=1S/C13H14OS/c14-13(9-4-3-5-9)11-8-15-12-7-2-1-6-10(11)12/h1-2,6-7,9,11H,3-5,8H2. The van der Waals surface area contributed by atoms with Crippen molar-refractivity contribution in [2.45, 2.75) is 30.1 Å². The van der Waals surface area contributed by atoms with E-state index in [-0.39, 0.29) is 5.92 Å². The van der Waals surface area contributed by atoms with Gasteiger partial charge < -0.3 is 0 Å². The second-order valence-electron chi connectivity index (χ2n) is 4.43. The molecule has 0 bridgehead atoms. The van der Waals surface area contributed by atoms with Crippen LogP contribution >= 0.6 is 11.8 Å². The molecule has 0 radical (unpaired) electrons. The summed E-state index contributed by atoms with van der Waals surface area (Å²) in [7, 11) is 0. The number of hydrogen-bond donors (Lipinski definition) is 0. The SMILES string of the molecule is O=C(C1CCC1)C1CSc2ccccc21. The largest absolute Gasteiger partial charge is 0.299 e. The molecule has 0 spiro atoms. The molecule has 1 aromatic carbocycles. The molecule has 1 aliphatic carbocycles. The van der Waals surface area contributed by atoms with E-state index >= 15 is 0 Å². The summed E-state index contributed by atoms with van der Waals surface area (Å²) in [5.41, 5.74) is 1.28. The van der Waals surface area contributed by atoms with Gasteiger partial charge in [-0.1, -0.05) is 24.6 Å². The van der Waals surface area contributed by atoms with Crippen molar-refractivity contribution in [3.8, 4) is 0 Å². The van der Waals surface area contributed by atoms with Gasteiger partial charge in [0.2, 0.25) is 0 Å². The molecule has 1 fully saturated rings. The van der Waals surface area contributed by atoms with Gasteiger partial charge in [0, 0.05) is 16.6 Å². The third kappa shape index (κ3) is 1.51. The highest BCUT2D eigenvalue weighted by atomic mass is 32.2. The normalized spacial score (nSPS) is 24.7. The minimum Gasteiger partial charge on any atom is -0.299 e. The highest BCUT2D eigenvalue weighted by Crippen LogP contribution is 2.43. The Bertz CT molecular complexity index is 395. The van der Waals surface area contributed by atoms with Crippen LogP contribution in [0.25, 0.3) is 0 Å². The molecule has 2 heteroatoms. The molecule has 1 heterocycles. The molecule has 1 aliphatic heterocycles. The van der Waals surface area contributed by atoms with E-state index in [1.165, 1.54) is 16.9 Å². The molecule has 1 atom stereocenters. The first-order valence-corrected chi connectivity index (χ1v) is 6.60. The summed E-state index contributed by atoms with van der Waals surface area (Å²) in [6.45, 7) is 0. The molecule has 1 saturated carbocycles. The van der Waals surface area contributed by atoms with Gasteiger partial charge in [-0.3, -0.25) is 4.79 Å². The van der Waals surface area contributed by atoms with E-state index in [1.54, 1.807) is 0 Å². The topological polar surface area (TPSA) is 17.1 Å². The Morgan fingerprint density at radius 1 is 1.27 bits per heavy atom. The summed E-state index contributed by atoms with van der Waals surface area (Å²) >= 11 is 1.84. The van der Waals surface area contributed by atoms with Crippen LogP contribution in [0.3, 0.4) is 0 Å². The van der Waals surface area contributed by atoms with E-state index in [0.717, 1.165) is 18.6 Å². The lowest BCUT2D eigenvalue weighted by atomic mass is 9.77. The molecule has 1 unspecified atom stereocenters. The summed E-state index contributed by atoms with van der Waals surface area (Å²) in [6.07, 6.45) is 3.50. The Morgan fingerprint density at radius 2 is 2.07 bits per heavy atom. The second-order valence-corrected chi connectivity index (χ2v) is 5.49. The van der Waals surface area contributed by atoms with E-state index in [9.17, 15) is 4.79 Å². The number of rotatable bonds is 2. The second kappa shape index (κ2) is 3.67. The summed E-state index contributed by atoms with van der Waals surface area (Å²) in [5.74, 6) is 2.03. The lowest BCUT2D eigenvalue weighted by Crippen LogP contribution is -2.27. The van der Waals surface area contributed by atoms with Gasteiger partial charge in [0.05, 0.1) is 5.92 Å². The minimum absolute atomic E-state index is 0.191. The molecule has 15 heavy (non-hydrogen) atoms. The summed E-state index contributed by atoms with van der Waals surface area (Å²) < 4.78 is 0. The minimum atomic E-state index is 0.191. The molecule has 0 N–H and O–H groups in total. The summed E-state index contributed by atoms with van der Waals surface area (Å²) in [4.78, 5) is 13.5. The van der Waals surface area contributed by atoms with E-state index < -0.39 is 0 Å². The number of thioether (sulfide) groups is 1. The van der Waals surface area contributed by atoms with Crippen LogP contribution in [0, 0.1) is 5.92 Å². The lowest BCUT2D eigenvalue weighted by Gasteiger charge is -2.26. The van der Waals surface area contributed by atoms with Gasteiger partial charge in [0.15, 0.2) is 0 Å². The van der Waals surface area contributed by atoms with Crippen LogP contribution in [-0.4, -0.2) is 11.5 Å². The molecule has 78 valence electrons. The van der Waals surface area contributed by atoms with Crippen molar-refractivity contribution in [3.63, 3.8) is 0 Å². The number of fused-ring (bicyclic) bond motifs is 1. The number of carbonyl (C=O) groups is 1. The van der Waals surface area contributed by atoms with Crippen LogP contribution in [0.4, 0.5) is 0 Å². The highest BCUT2D eigenvalue weighted by Gasteiger charge is 2.35.